The van der Waals surface area contributed by atoms with Crippen LogP contribution in [0.5, 0.6) is 0 Å². The lowest BCUT2D eigenvalue weighted by Crippen LogP contribution is -2.61. The number of piperazine rings is 1. The lowest BCUT2D eigenvalue weighted by atomic mass is 9.94. The minimum absolute atomic E-state index is 0.175. The Morgan fingerprint density at radius 2 is 2.26 bits per heavy atom. The van der Waals surface area contributed by atoms with Crippen LogP contribution in [0.1, 0.15) is 25.8 Å². The van der Waals surface area contributed by atoms with Crippen molar-refractivity contribution in [1.29, 1.82) is 0 Å². The largest absolute Gasteiger partial charge is 0.396 e. The molecule has 1 aromatic rings. The monoisotopic (exact) mass is 263 g/mol. The van der Waals surface area contributed by atoms with E-state index in [1.165, 1.54) is 5.56 Å². The molecular formula is C15H25N3O. The zero-order valence-corrected chi connectivity index (χ0v) is 12.2. The van der Waals surface area contributed by atoms with Gasteiger partial charge >= 0.3 is 0 Å². The molecule has 106 valence electrons. The number of likely N-dealkylation sites (N-methyl/N-ethyl adjacent to an activating group) is 1. The summed E-state index contributed by atoms with van der Waals surface area (Å²) in [6.07, 6.45) is 4.57. The van der Waals surface area contributed by atoms with Gasteiger partial charge in [-0.05, 0) is 38.9 Å². The number of aliphatic hydroxyl groups is 1. The van der Waals surface area contributed by atoms with Crippen molar-refractivity contribution in [3.8, 4) is 0 Å². The summed E-state index contributed by atoms with van der Waals surface area (Å²) in [5.41, 5.74) is 1.42. The van der Waals surface area contributed by atoms with E-state index in [1.807, 2.05) is 18.5 Å². The molecule has 0 radical (unpaired) electrons. The fourth-order valence-corrected chi connectivity index (χ4v) is 2.76. The van der Waals surface area contributed by atoms with Crippen LogP contribution in [-0.4, -0.2) is 58.2 Å². The van der Waals surface area contributed by atoms with E-state index < -0.39 is 0 Å². The first-order valence-electron chi connectivity index (χ1n) is 6.98. The van der Waals surface area contributed by atoms with Crippen LogP contribution in [0, 0.1) is 0 Å². The fourth-order valence-electron chi connectivity index (χ4n) is 2.76. The highest BCUT2D eigenvalue weighted by Gasteiger charge is 2.36. The van der Waals surface area contributed by atoms with Gasteiger partial charge in [-0.3, -0.25) is 14.8 Å². The van der Waals surface area contributed by atoms with E-state index in [9.17, 15) is 5.11 Å². The van der Waals surface area contributed by atoms with Crippen molar-refractivity contribution in [2.45, 2.75) is 38.4 Å². The molecule has 4 heteroatoms. The summed E-state index contributed by atoms with van der Waals surface area (Å²) < 4.78 is 0. The molecule has 0 spiro atoms. The minimum Gasteiger partial charge on any atom is -0.396 e. The van der Waals surface area contributed by atoms with Crippen molar-refractivity contribution in [2.24, 2.45) is 0 Å². The van der Waals surface area contributed by atoms with Crippen LogP contribution in [0.25, 0.3) is 0 Å². The molecule has 19 heavy (non-hydrogen) atoms. The average Bonchev–Trinajstić information content (AvgIpc) is 2.37. The first-order valence-corrected chi connectivity index (χ1v) is 6.98. The Kier molecular flexibility index (Phi) is 4.55. The summed E-state index contributed by atoms with van der Waals surface area (Å²) in [6.45, 7) is 7.74. The molecule has 1 saturated heterocycles. The van der Waals surface area contributed by atoms with Gasteiger partial charge in [0.1, 0.15) is 0 Å². The number of hydrogen-bond donors (Lipinski definition) is 1. The Hall–Kier alpha value is -0.970. The lowest BCUT2D eigenvalue weighted by Gasteiger charge is -2.49. The zero-order chi connectivity index (χ0) is 13.9. The van der Waals surface area contributed by atoms with Crippen molar-refractivity contribution in [3.63, 3.8) is 0 Å². The Morgan fingerprint density at radius 3 is 2.89 bits per heavy atom. The molecule has 1 fully saturated rings. The Labute approximate surface area is 116 Å². The second-order valence-corrected chi connectivity index (χ2v) is 6.13. The van der Waals surface area contributed by atoms with Gasteiger partial charge in [-0.1, -0.05) is 6.07 Å². The second kappa shape index (κ2) is 5.99. The summed E-state index contributed by atoms with van der Waals surface area (Å²) >= 11 is 0. The van der Waals surface area contributed by atoms with Crippen LogP contribution >= 0.6 is 0 Å². The molecular weight excluding hydrogens is 238 g/mol. The molecule has 1 unspecified atom stereocenters. The standard InChI is InChI=1S/C15H25N3O/c1-15(2)12-18(10-13-5-4-7-16-9-13)14(6-8-19)11-17(15)3/h4-5,7,9,14,19H,6,8,10-12H2,1-3H3. The van der Waals surface area contributed by atoms with E-state index in [2.05, 4.69) is 41.7 Å². The molecule has 2 heterocycles. The van der Waals surface area contributed by atoms with E-state index in [0.717, 1.165) is 26.1 Å². The topological polar surface area (TPSA) is 39.6 Å². The Morgan fingerprint density at radius 1 is 1.47 bits per heavy atom. The number of hydrogen-bond acceptors (Lipinski definition) is 4. The summed E-state index contributed by atoms with van der Waals surface area (Å²) in [5.74, 6) is 0. The van der Waals surface area contributed by atoms with Crippen molar-refractivity contribution < 1.29 is 5.11 Å². The van der Waals surface area contributed by atoms with Crippen LogP contribution in [0.2, 0.25) is 0 Å². The van der Waals surface area contributed by atoms with Crippen LogP contribution in [0.15, 0.2) is 24.5 Å². The highest BCUT2D eigenvalue weighted by atomic mass is 16.3. The lowest BCUT2D eigenvalue weighted by molar-refractivity contribution is -0.0136. The maximum Gasteiger partial charge on any atom is 0.0446 e. The normalized spacial score (nSPS) is 24.5. The SMILES string of the molecule is CN1CC(CCO)N(Cc2cccnc2)CC1(C)C. The van der Waals surface area contributed by atoms with Gasteiger partial charge in [0.25, 0.3) is 0 Å². The van der Waals surface area contributed by atoms with Gasteiger partial charge in [0, 0.05) is 50.2 Å². The summed E-state index contributed by atoms with van der Waals surface area (Å²) in [6, 6.07) is 4.52. The second-order valence-electron chi connectivity index (χ2n) is 6.13. The predicted molar refractivity (Wildman–Crippen MR) is 76.8 cm³/mol. The molecule has 1 aliphatic rings. The third-order valence-electron chi connectivity index (χ3n) is 4.20. The molecule has 0 bridgehead atoms. The van der Waals surface area contributed by atoms with Gasteiger partial charge in [-0.15, -0.1) is 0 Å². The molecule has 1 atom stereocenters. The molecule has 1 N–H and O–H groups in total. The first kappa shape index (κ1) is 14.4. The summed E-state index contributed by atoms with van der Waals surface area (Å²) in [5, 5.41) is 9.26. The third-order valence-corrected chi connectivity index (χ3v) is 4.20. The fraction of sp³-hybridized carbons (Fsp3) is 0.667. The molecule has 4 nitrogen and oxygen atoms in total. The van der Waals surface area contributed by atoms with Crippen molar-refractivity contribution in [1.82, 2.24) is 14.8 Å². The first-order chi connectivity index (χ1) is 9.03. The molecule has 0 saturated carbocycles. The zero-order valence-electron chi connectivity index (χ0n) is 12.2. The number of aliphatic hydroxyl groups excluding tert-OH is 1. The van der Waals surface area contributed by atoms with Gasteiger partial charge in [0.05, 0.1) is 0 Å². The van der Waals surface area contributed by atoms with Crippen molar-refractivity contribution in [2.75, 3.05) is 26.7 Å². The van der Waals surface area contributed by atoms with Gasteiger partial charge < -0.3 is 5.11 Å². The molecule has 0 aliphatic carbocycles. The minimum atomic E-state index is 0.175. The summed E-state index contributed by atoms with van der Waals surface area (Å²) in [4.78, 5) is 9.06. The highest BCUT2D eigenvalue weighted by Crippen LogP contribution is 2.25. The van der Waals surface area contributed by atoms with Crippen molar-refractivity contribution >= 4 is 0 Å². The molecule has 1 aliphatic heterocycles. The van der Waals surface area contributed by atoms with E-state index in [4.69, 9.17) is 0 Å². The number of rotatable bonds is 4. The average molecular weight is 263 g/mol. The molecule has 2 rings (SSSR count). The molecule has 0 amide bonds. The maximum atomic E-state index is 9.26. The van der Waals surface area contributed by atoms with Crippen LogP contribution in [-0.2, 0) is 6.54 Å². The van der Waals surface area contributed by atoms with Gasteiger partial charge in [-0.2, -0.15) is 0 Å². The molecule has 0 aromatic carbocycles. The van der Waals surface area contributed by atoms with Crippen LogP contribution in [0.4, 0.5) is 0 Å². The van der Waals surface area contributed by atoms with Crippen LogP contribution < -0.4 is 0 Å². The quantitative estimate of drug-likeness (QED) is 0.890. The third kappa shape index (κ3) is 3.53. The van der Waals surface area contributed by atoms with E-state index in [-0.39, 0.29) is 12.1 Å². The molecule has 1 aromatic heterocycles. The smallest absolute Gasteiger partial charge is 0.0446 e. The number of nitrogens with zero attached hydrogens (tertiary/aromatic N) is 3. The maximum absolute atomic E-state index is 9.26. The predicted octanol–water partition coefficient (Wildman–Crippen LogP) is 1.36. The van der Waals surface area contributed by atoms with E-state index >= 15 is 0 Å². The Balaban J connectivity index is 2.10. The van der Waals surface area contributed by atoms with E-state index in [0.29, 0.717) is 6.04 Å². The van der Waals surface area contributed by atoms with E-state index in [1.54, 1.807) is 0 Å². The summed E-state index contributed by atoms with van der Waals surface area (Å²) in [7, 11) is 2.17. The highest BCUT2D eigenvalue weighted by molar-refractivity contribution is 5.09. The van der Waals surface area contributed by atoms with Crippen molar-refractivity contribution in [3.05, 3.63) is 30.1 Å². The van der Waals surface area contributed by atoms with Gasteiger partial charge in [-0.25, -0.2) is 0 Å². The number of aromatic nitrogens is 1. The van der Waals surface area contributed by atoms with Gasteiger partial charge in [0.15, 0.2) is 0 Å². The van der Waals surface area contributed by atoms with Gasteiger partial charge in [0.2, 0.25) is 0 Å². The Bertz CT molecular complexity index is 394. The van der Waals surface area contributed by atoms with Crippen LogP contribution in [0.3, 0.4) is 0 Å². The number of pyridine rings is 1.